The van der Waals surface area contributed by atoms with Crippen LogP contribution < -0.4 is 16.0 Å². The molecule has 0 aliphatic carbocycles. The summed E-state index contributed by atoms with van der Waals surface area (Å²) in [5, 5.41) is 8.33. The van der Waals surface area contributed by atoms with Crippen LogP contribution >= 0.6 is 27.7 Å². The molecule has 1 aromatic heterocycles. The van der Waals surface area contributed by atoms with E-state index in [1.54, 1.807) is 60.7 Å². The molecule has 3 aromatic carbocycles. The highest BCUT2D eigenvalue weighted by molar-refractivity contribution is 9.10. The Kier molecular flexibility index (Phi) is 8.96. The minimum absolute atomic E-state index is 0.0228. The predicted molar refractivity (Wildman–Crippen MR) is 149 cm³/mol. The second-order valence-electron chi connectivity index (χ2n) is 7.69. The molecule has 4 aromatic rings. The number of anilines is 2. The van der Waals surface area contributed by atoms with Gasteiger partial charge >= 0.3 is 0 Å². The fourth-order valence-electron chi connectivity index (χ4n) is 3.22. The molecule has 4 rings (SSSR count). The third-order valence-electron chi connectivity index (χ3n) is 4.97. The van der Waals surface area contributed by atoms with E-state index in [1.807, 2.05) is 30.3 Å². The summed E-state index contributed by atoms with van der Waals surface area (Å²) in [6.45, 7) is 0. The summed E-state index contributed by atoms with van der Waals surface area (Å²) in [4.78, 5) is 39.0. The predicted octanol–water partition coefficient (Wildman–Crippen LogP) is 6.18. The number of thioether (sulfide) groups is 1. The Labute approximate surface area is 226 Å². The molecule has 0 aliphatic heterocycles. The van der Waals surface area contributed by atoms with E-state index < -0.39 is 11.8 Å². The van der Waals surface area contributed by atoms with Crippen molar-refractivity contribution in [2.24, 2.45) is 0 Å². The lowest BCUT2D eigenvalue weighted by atomic mass is 10.2. The van der Waals surface area contributed by atoms with Gasteiger partial charge in [-0.15, -0.1) is 11.8 Å². The van der Waals surface area contributed by atoms with Crippen molar-refractivity contribution >= 4 is 62.9 Å². The molecule has 7 nitrogen and oxygen atoms in total. The molecule has 3 amide bonds. The Bertz CT molecular complexity index is 1420. The molecule has 186 valence electrons. The molecule has 0 spiro atoms. The van der Waals surface area contributed by atoms with Crippen LogP contribution in [0.15, 0.2) is 117 Å². The molecular weight excluding hydrogens is 554 g/mol. The van der Waals surface area contributed by atoms with Crippen molar-refractivity contribution in [1.82, 2.24) is 5.32 Å². The maximum Gasteiger partial charge on any atom is 0.272 e. The molecule has 0 saturated heterocycles. The van der Waals surface area contributed by atoms with Crippen molar-refractivity contribution < 1.29 is 18.8 Å². The van der Waals surface area contributed by atoms with Crippen LogP contribution in [0.1, 0.15) is 16.1 Å². The summed E-state index contributed by atoms with van der Waals surface area (Å²) in [5.41, 5.74) is 1.65. The zero-order valence-electron chi connectivity index (χ0n) is 19.4. The van der Waals surface area contributed by atoms with Gasteiger partial charge in [0.1, 0.15) is 11.5 Å². The van der Waals surface area contributed by atoms with E-state index in [1.165, 1.54) is 24.1 Å². The summed E-state index contributed by atoms with van der Waals surface area (Å²) in [7, 11) is 0. The molecule has 3 N–H and O–H groups in total. The summed E-state index contributed by atoms with van der Waals surface area (Å²) in [5.74, 6) is -0.490. The van der Waals surface area contributed by atoms with Crippen molar-refractivity contribution in [2.75, 3.05) is 16.4 Å². The van der Waals surface area contributed by atoms with Crippen LogP contribution in [-0.4, -0.2) is 23.5 Å². The van der Waals surface area contributed by atoms with Gasteiger partial charge in [-0.25, -0.2) is 0 Å². The Hall–Kier alpha value is -4.08. The lowest BCUT2D eigenvalue weighted by Gasteiger charge is -2.12. The number of hydrogen-bond acceptors (Lipinski definition) is 5. The monoisotopic (exact) mass is 575 g/mol. The molecule has 0 bridgehead atoms. The molecule has 0 radical (unpaired) electrons. The molecule has 0 unspecified atom stereocenters. The van der Waals surface area contributed by atoms with Gasteiger partial charge in [0.15, 0.2) is 0 Å². The number of nitrogens with one attached hydrogen (secondary N) is 3. The first-order valence-corrected chi connectivity index (χ1v) is 13.0. The maximum absolute atomic E-state index is 13.1. The minimum atomic E-state index is -0.519. The first-order valence-electron chi connectivity index (χ1n) is 11.2. The van der Waals surface area contributed by atoms with E-state index in [2.05, 4.69) is 31.9 Å². The van der Waals surface area contributed by atoms with Crippen LogP contribution in [0.3, 0.4) is 0 Å². The third kappa shape index (κ3) is 7.70. The van der Waals surface area contributed by atoms with Crippen LogP contribution in [0.4, 0.5) is 11.4 Å². The van der Waals surface area contributed by atoms with Crippen molar-refractivity contribution in [1.29, 1.82) is 0 Å². The number of carbonyl (C=O) groups is 3. The van der Waals surface area contributed by atoms with Gasteiger partial charge in [0.2, 0.25) is 5.91 Å². The first kappa shape index (κ1) is 26.0. The molecule has 0 fully saturated rings. The highest BCUT2D eigenvalue weighted by atomic mass is 79.9. The van der Waals surface area contributed by atoms with E-state index in [9.17, 15) is 14.4 Å². The zero-order valence-corrected chi connectivity index (χ0v) is 21.8. The van der Waals surface area contributed by atoms with Crippen LogP contribution in [0.5, 0.6) is 0 Å². The average molecular weight is 576 g/mol. The van der Waals surface area contributed by atoms with Gasteiger partial charge in [-0.2, -0.15) is 0 Å². The lowest BCUT2D eigenvalue weighted by molar-refractivity contribution is -0.114. The molecule has 37 heavy (non-hydrogen) atoms. The number of furan rings is 1. The summed E-state index contributed by atoms with van der Waals surface area (Å²) >= 11 is 4.75. The number of hydrogen-bond donors (Lipinski definition) is 3. The van der Waals surface area contributed by atoms with E-state index in [0.29, 0.717) is 22.7 Å². The first-order chi connectivity index (χ1) is 18.0. The smallest absolute Gasteiger partial charge is 0.272 e. The van der Waals surface area contributed by atoms with E-state index >= 15 is 0 Å². The molecule has 0 aliphatic rings. The number of benzene rings is 3. The normalized spacial score (nSPS) is 11.0. The van der Waals surface area contributed by atoms with Gasteiger partial charge in [0.05, 0.1) is 17.7 Å². The van der Waals surface area contributed by atoms with Crippen molar-refractivity contribution in [3.63, 3.8) is 0 Å². The number of amides is 3. The fraction of sp³-hybridized carbons (Fsp3) is 0.0357. The van der Waals surface area contributed by atoms with Crippen LogP contribution in [0, 0.1) is 0 Å². The van der Waals surface area contributed by atoms with Gasteiger partial charge in [0, 0.05) is 26.7 Å². The number of rotatable bonds is 9. The molecule has 9 heteroatoms. The standard InChI is InChI=1S/C28H22BrN3O4S/c29-23-13-4-5-14-24(23)31-26(33)18-37-22-12-6-10-20(16-22)30-28(35)25(17-21-11-7-15-36-21)32-27(34)19-8-2-1-3-9-19/h1-17H,18H2,(H,30,35)(H,31,33)(H,32,34)/b25-17-. The van der Waals surface area contributed by atoms with Crippen LogP contribution in [0.25, 0.3) is 6.08 Å². The SMILES string of the molecule is O=C(CSc1cccc(NC(=O)/C(=C/c2ccco2)NC(=O)c2ccccc2)c1)Nc1ccccc1Br. The van der Waals surface area contributed by atoms with E-state index in [4.69, 9.17) is 4.42 Å². The quantitative estimate of drug-likeness (QED) is 0.163. The highest BCUT2D eigenvalue weighted by Gasteiger charge is 2.16. The topological polar surface area (TPSA) is 100 Å². The van der Waals surface area contributed by atoms with Gasteiger partial charge in [0.25, 0.3) is 11.8 Å². The van der Waals surface area contributed by atoms with E-state index in [-0.39, 0.29) is 17.4 Å². The fourth-order valence-corrected chi connectivity index (χ4v) is 4.36. The van der Waals surface area contributed by atoms with Crippen LogP contribution in [-0.2, 0) is 9.59 Å². The van der Waals surface area contributed by atoms with Gasteiger partial charge in [-0.05, 0) is 70.5 Å². The minimum Gasteiger partial charge on any atom is -0.465 e. The summed E-state index contributed by atoms with van der Waals surface area (Å²) in [6, 6.07) is 26.5. The molecule has 0 saturated carbocycles. The van der Waals surface area contributed by atoms with Gasteiger partial charge < -0.3 is 20.4 Å². The lowest BCUT2D eigenvalue weighted by Crippen LogP contribution is -2.30. The van der Waals surface area contributed by atoms with Crippen molar-refractivity contribution in [2.45, 2.75) is 4.90 Å². The zero-order chi connectivity index (χ0) is 26.0. The Morgan fingerprint density at radius 2 is 1.65 bits per heavy atom. The second-order valence-corrected chi connectivity index (χ2v) is 9.60. The third-order valence-corrected chi connectivity index (χ3v) is 6.65. The summed E-state index contributed by atoms with van der Waals surface area (Å²) < 4.78 is 6.12. The largest absolute Gasteiger partial charge is 0.465 e. The maximum atomic E-state index is 13.1. The number of carbonyl (C=O) groups excluding carboxylic acids is 3. The molecule has 0 atom stereocenters. The van der Waals surface area contributed by atoms with Crippen molar-refractivity contribution in [3.05, 3.63) is 119 Å². The van der Waals surface area contributed by atoms with Crippen LogP contribution in [0.2, 0.25) is 0 Å². The Balaban J connectivity index is 1.42. The van der Waals surface area contributed by atoms with Gasteiger partial charge in [-0.3, -0.25) is 14.4 Å². The average Bonchev–Trinajstić information content (AvgIpc) is 3.42. The molecular formula is C28H22BrN3O4S. The highest BCUT2D eigenvalue weighted by Crippen LogP contribution is 2.24. The second kappa shape index (κ2) is 12.8. The van der Waals surface area contributed by atoms with E-state index in [0.717, 1.165) is 9.37 Å². The summed E-state index contributed by atoms with van der Waals surface area (Å²) in [6.07, 6.45) is 2.94. The Morgan fingerprint density at radius 3 is 2.41 bits per heavy atom. The molecule has 1 heterocycles. The number of halogens is 1. The van der Waals surface area contributed by atoms with Crippen molar-refractivity contribution in [3.8, 4) is 0 Å². The van der Waals surface area contributed by atoms with Gasteiger partial charge in [-0.1, -0.05) is 36.4 Å². The number of para-hydroxylation sites is 1. The Morgan fingerprint density at radius 1 is 0.865 bits per heavy atom.